The van der Waals surface area contributed by atoms with Gasteiger partial charge in [0.25, 0.3) is 5.91 Å². The maximum Gasteiger partial charge on any atom is 0.274 e. The highest BCUT2D eigenvalue weighted by atomic mass is 16.3. The van der Waals surface area contributed by atoms with Crippen LogP contribution in [0.2, 0.25) is 0 Å². The molecule has 2 heterocycles. The number of β-amino-alcohol motifs (C(OH)–C–C–N with tert-alkyl or cyclic N) is 1. The molecule has 5 rings (SSSR count). The third kappa shape index (κ3) is 2.79. The van der Waals surface area contributed by atoms with Crippen LogP contribution in [0.15, 0.2) is 30.3 Å². The van der Waals surface area contributed by atoms with Crippen molar-refractivity contribution in [3.05, 3.63) is 52.8 Å². The molecule has 0 unspecified atom stereocenters. The molecule has 3 aliphatic rings. The minimum atomic E-state index is -0.623. The molecule has 0 radical (unpaired) electrons. The van der Waals surface area contributed by atoms with E-state index in [-0.39, 0.29) is 23.7 Å². The number of carbonyl (C=O) groups excluding carboxylic acids is 2. The zero-order valence-corrected chi connectivity index (χ0v) is 16.5. The van der Waals surface area contributed by atoms with Crippen LogP contribution in [-0.4, -0.2) is 57.8 Å². The number of benzene rings is 1. The first-order valence-corrected chi connectivity index (χ1v) is 10.3. The summed E-state index contributed by atoms with van der Waals surface area (Å²) in [4.78, 5) is 26.5. The fourth-order valence-corrected chi connectivity index (χ4v) is 5.65. The van der Waals surface area contributed by atoms with E-state index in [1.807, 2.05) is 18.2 Å². The summed E-state index contributed by atoms with van der Waals surface area (Å²) in [6.45, 7) is 2.80. The van der Waals surface area contributed by atoms with Crippen LogP contribution in [0.5, 0.6) is 0 Å². The number of fused-ring (bicyclic) bond motifs is 1. The Morgan fingerprint density at radius 1 is 1.31 bits per heavy atom. The fraction of sp³-hybridized carbons (Fsp3) is 0.500. The number of aliphatic hydroxyl groups excluding tert-OH is 1. The van der Waals surface area contributed by atoms with E-state index in [2.05, 4.69) is 27.6 Å². The number of hydrogen-bond donors (Lipinski definition) is 3. The summed E-state index contributed by atoms with van der Waals surface area (Å²) < 4.78 is 0. The Hall–Kier alpha value is -2.67. The van der Waals surface area contributed by atoms with Crippen molar-refractivity contribution >= 4 is 11.8 Å². The second-order valence-corrected chi connectivity index (χ2v) is 8.63. The van der Waals surface area contributed by atoms with Gasteiger partial charge in [0.2, 0.25) is 5.91 Å². The second kappa shape index (κ2) is 6.69. The molecule has 1 spiro atoms. The molecule has 2 aliphatic carbocycles. The van der Waals surface area contributed by atoms with E-state index in [0.717, 1.165) is 36.1 Å². The molecule has 2 aromatic rings. The smallest absolute Gasteiger partial charge is 0.274 e. The highest BCUT2D eigenvalue weighted by molar-refractivity contribution is 5.94. The third-order valence-electron chi connectivity index (χ3n) is 7.07. The van der Waals surface area contributed by atoms with E-state index in [4.69, 9.17) is 0 Å². The van der Waals surface area contributed by atoms with Crippen molar-refractivity contribution in [3.63, 3.8) is 0 Å². The molecule has 2 amide bonds. The monoisotopic (exact) mass is 394 g/mol. The van der Waals surface area contributed by atoms with Crippen molar-refractivity contribution in [3.8, 4) is 0 Å². The van der Waals surface area contributed by atoms with Gasteiger partial charge in [0.15, 0.2) is 5.69 Å². The largest absolute Gasteiger partial charge is 0.391 e. The number of aromatic amines is 1. The van der Waals surface area contributed by atoms with Gasteiger partial charge in [-0.25, -0.2) is 0 Å². The number of H-pyrrole nitrogens is 1. The molecule has 1 saturated heterocycles. The number of rotatable bonds is 4. The molecule has 1 saturated carbocycles. The van der Waals surface area contributed by atoms with Gasteiger partial charge in [-0.15, -0.1) is 0 Å². The molecule has 4 atom stereocenters. The first-order valence-electron chi connectivity index (χ1n) is 10.3. The van der Waals surface area contributed by atoms with Gasteiger partial charge in [0.1, 0.15) is 0 Å². The number of aromatic nitrogens is 2. The molecular weight excluding hydrogens is 368 g/mol. The van der Waals surface area contributed by atoms with Crippen LogP contribution in [0, 0.1) is 11.3 Å². The predicted molar refractivity (Wildman–Crippen MR) is 106 cm³/mol. The molecule has 1 aliphatic heterocycles. The second-order valence-electron chi connectivity index (χ2n) is 8.63. The summed E-state index contributed by atoms with van der Waals surface area (Å²) in [6.07, 6.45) is 2.25. The molecule has 29 heavy (non-hydrogen) atoms. The Morgan fingerprint density at radius 2 is 2.10 bits per heavy atom. The zero-order chi connectivity index (χ0) is 20.2. The standard InChI is InChI=1S/C22H26N4O3/c1-13(27)23-10-16-19(14-6-3-2-4-7-14)22(16)12-26(11-18(22)28)21(29)20-15-8-5-9-17(15)24-25-20/h2-4,6-7,16,18-19,28H,5,8-12H2,1H3,(H,23,27)(H,24,25)/t16-,18+,19-,22-/m1/s1. The highest BCUT2D eigenvalue weighted by Gasteiger charge is 2.71. The van der Waals surface area contributed by atoms with Gasteiger partial charge < -0.3 is 15.3 Å². The molecule has 7 nitrogen and oxygen atoms in total. The highest BCUT2D eigenvalue weighted by Crippen LogP contribution is 2.68. The Morgan fingerprint density at radius 3 is 2.86 bits per heavy atom. The third-order valence-corrected chi connectivity index (χ3v) is 7.07. The molecule has 1 aromatic heterocycles. The Kier molecular flexibility index (Phi) is 4.24. The van der Waals surface area contributed by atoms with E-state index in [9.17, 15) is 14.7 Å². The molecule has 0 bridgehead atoms. The number of likely N-dealkylation sites (tertiary alicyclic amines) is 1. The molecule has 7 heteroatoms. The summed E-state index contributed by atoms with van der Waals surface area (Å²) in [7, 11) is 0. The van der Waals surface area contributed by atoms with Crippen LogP contribution >= 0.6 is 0 Å². The summed E-state index contributed by atoms with van der Waals surface area (Å²) in [5, 5.41) is 21.3. The first kappa shape index (κ1) is 18.4. The number of carbonyl (C=O) groups is 2. The summed E-state index contributed by atoms with van der Waals surface area (Å²) in [5.41, 5.74) is 3.35. The minimum Gasteiger partial charge on any atom is -0.391 e. The van der Waals surface area contributed by atoms with Gasteiger partial charge in [-0.05, 0) is 36.7 Å². The number of hydrogen-bond acceptors (Lipinski definition) is 4. The lowest BCUT2D eigenvalue weighted by Gasteiger charge is -2.16. The van der Waals surface area contributed by atoms with Gasteiger partial charge in [0, 0.05) is 43.2 Å². The van der Waals surface area contributed by atoms with E-state index in [1.165, 1.54) is 6.92 Å². The maximum absolute atomic E-state index is 13.2. The Bertz CT molecular complexity index is 956. The number of nitrogens with zero attached hydrogens (tertiary/aromatic N) is 2. The molecule has 2 fully saturated rings. The predicted octanol–water partition coefficient (Wildman–Crippen LogP) is 1.25. The van der Waals surface area contributed by atoms with Crippen LogP contribution in [0.1, 0.15) is 46.6 Å². The van der Waals surface area contributed by atoms with Gasteiger partial charge in [-0.1, -0.05) is 30.3 Å². The van der Waals surface area contributed by atoms with Crippen molar-refractivity contribution in [1.82, 2.24) is 20.4 Å². The minimum absolute atomic E-state index is 0.0774. The normalized spacial score (nSPS) is 29.9. The molecular formula is C22H26N4O3. The fourth-order valence-electron chi connectivity index (χ4n) is 5.65. The van der Waals surface area contributed by atoms with Crippen molar-refractivity contribution in [2.24, 2.45) is 11.3 Å². The Labute approximate surface area is 169 Å². The van der Waals surface area contributed by atoms with Crippen LogP contribution in [0.4, 0.5) is 0 Å². The van der Waals surface area contributed by atoms with Crippen molar-refractivity contribution in [1.29, 1.82) is 0 Å². The average Bonchev–Trinajstić information content (AvgIpc) is 3.07. The van der Waals surface area contributed by atoms with E-state index >= 15 is 0 Å². The first-order chi connectivity index (χ1) is 14.0. The van der Waals surface area contributed by atoms with Crippen LogP contribution in [-0.2, 0) is 17.6 Å². The number of aliphatic hydroxyl groups is 1. The average molecular weight is 394 g/mol. The van der Waals surface area contributed by atoms with Crippen molar-refractivity contribution in [2.45, 2.75) is 38.2 Å². The van der Waals surface area contributed by atoms with Crippen molar-refractivity contribution < 1.29 is 14.7 Å². The quantitative estimate of drug-likeness (QED) is 0.727. The van der Waals surface area contributed by atoms with Crippen LogP contribution < -0.4 is 5.32 Å². The summed E-state index contributed by atoms with van der Waals surface area (Å²) in [6, 6.07) is 10.1. The lowest BCUT2D eigenvalue weighted by atomic mass is 9.95. The lowest BCUT2D eigenvalue weighted by Crippen LogP contribution is -2.31. The van der Waals surface area contributed by atoms with E-state index < -0.39 is 11.5 Å². The number of aryl methyl sites for hydroxylation is 1. The van der Waals surface area contributed by atoms with Gasteiger partial charge in [0.05, 0.1) is 6.10 Å². The van der Waals surface area contributed by atoms with Crippen LogP contribution in [0.25, 0.3) is 0 Å². The molecule has 152 valence electrons. The zero-order valence-electron chi connectivity index (χ0n) is 16.5. The van der Waals surface area contributed by atoms with Crippen molar-refractivity contribution in [2.75, 3.05) is 19.6 Å². The summed E-state index contributed by atoms with van der Waals surface area (Å²) in [5.74, 6) is 0.0448. The molecule has 1 aromatic carbocycles. The summed E-state index contributed by atoms with van der Waals surface area (Å²) >= 11 is 0. The van der Waals surface area contributed by atoms with Crippen LogP contribution in [0.3, 0.4) is 0 Å². The lowest BCUT2D eigenvalue weighted by molar-refractivity contribution is -0.119. The van der Waals surface area contributed by atoms with Gasteiger partial charge >= 0.3 is 0 Å². The topological polar surface area (TPSA) is 98.3 Å². The molecule has 3 N–H and O–H groups in total. The maximum atomic E-state index is 13.2. The number of amides is 2. The number of nitrogens with one attached hydrogen (secondary N) is 2. The van der Waals surface area contributed by atoms with Gasteiger partial charge in [-0.2, -0.15) is 5.10 Å². The Balaban J connectivity index is 1.41. The van der Waals surface area contributed by atoms with Gasteiger partial charge in [-0.3, -0.25) is 14.7 Å². The van der Waals surface area contributed by atoms with E-state index in [1.54, 1.807) is 4.90 Å². The SMILES string of the molecule is CC(=O)NC[C@@H]1[C@@H](c2ccccc2)[C@]12CN(C(=O)c1n[nH]c3c1CCC3)C[C@@H]2O. The van der Waals surface area contributed by atoms with E-state index in [0.29, 0.717) is 25.3 Å².